The van der Waals surface area contributed by atoms with Crippen molar-refractivity contribution < 1.29 is 14.0 Å². The van der Waals surface area contributed by atoms with Crippen LogP contribution in [-0.2, 0) is 4.84 Å². The van der Waals surface area contributed by atoms with Gasteiger partial charge in [-0.05, 0) is 43.2 Å². The predicted molar refractivity (Wildman–Crippen MR) is 106 cm³/mol. The minimum absolute atomic E-state index is 0.241. The second-order valence-electron chi connectivity index (χ2n) is 6.54. The first-order chi connectivity index (χ1) is 13.0. The average Bonchev–Trinajstić information content (AvgIpc) is 3.17. The molecule has 1 heterocycles. The van der Waals surface area contributed by atoms with Crippen LogP contribution in [0.5, 0.6) is 5.75 Å². The van der Waals surface area contributed by atoms with Crippen molar-refractivity contribution in [3.8, 4) is 5.75 Å². The molecule has 27 heavy (non-hydrogen) atoms. The topological polar surface area (TPSA) is 46.4 Å². The fraction of sp³-hybridized carbons (Fsp3) is 0.333. The highest BCUT2D eigenvalue weighted by molar-refractivity contribution is 6.01. The molecule has 2 aromatic carbocycles. The Hall–Kier alpha value is -2.89. The lowest BCUT2D eigenvalue weighted by atomic mass is 9.97. The number of hydrogen-bond donors (Lipinski definition) is 0. The standard InChI is InChI=1S/C21H24FN3O2/c1-5-25(3)13-23-18-11-20(26-4)17(10-14(18)2)21-12-19(24-27-21)15-6-8-16(22)9-7-15/h6-11,13,21H,5,12H2,1-4H3. The lowest BCUT2D eigenvalue weighted by Gasteiger charge is -2.16. The number of rotatable bonds is 6. The summed E-state index contributed by atoms with van der Waals surface area (Å²) < 4.78 is 18.7. The molecule has 1 aliphatic rings. The van der Waals surface area contributed by atoms with Crippen molar-refractivity contribution in [2.75, 3.05) is 20.7 Å². The fourth-order valence-electron chi connectivity index (χ4n) is 2.87. The summed E-state index contributed by atoms with van der Waals surface area (Å²) >= 11 is 0. The van der Waals surface area contributed by atoms with E-state index in [-0.39, 0.29) is 11.9 Å². The molecular formula is C21H24FN3O2. The smallest absolute Gasteiger partial charge is 0.161 e. The van der Waals surface area contributed by atoms with E-state index in [1.807, 2.05) is 37.3 Å². The number of nitrogens with zero attached hydrogens (tertiary/aromatic N) is 3. The van der Waals surface area contributed by atoms with E-state index in [1.54, 1.807) is 19.2 Å². The summed E-state index contributed by atoms with van der Waals surface area (Å²) in [5.74, 6) is 0.449. The van der Waals surface area contributed by atoms with Gasteiger partial charge in [-0.1, -0.05) is 17.3 Å². The van der Waals surface area contributed by atoms with Crippen LogP contribution in [0.25, 0.3) is 0 Å². The highest BCUT2D eigenvalue weighted by Crippen LogP contribution is 2.38. The van der Waals surface area contributed by atoms with Crippen LogP contribution in [0, 0.1) is 12.7 Å². The van der Waals surface area contributed by atoms with Crippen LogP contribution in [-0.4, -0.2) is 37.7 Å². The van der Waals surface area contributed by atoms with Crippen LogP contribution in [0.3, 0.4) is 0 Å². The van der Waals surface area contributed by atoms with Crippen molar-refractivity contribution in [3.05, 3.63) is 58.9 Å². The quantitative estimate of drug-likeness (QED) is 0.551. The number of methoxy groups -OCH3 is 1. The molecule has 0 amide bonds. The maximum Gasteiger partial charge on any atom is 0.161 e. The first-order valence-corrected chi connectivity index (χ1v) is 8.93. The number of hydrogen-bond acceptors (Lipinski definition) is 4. The van der Waals surface area contributed by atoms with E-state index in [9.17, 15) is 4.39 Å². The van der Waals surface area contributed by atoms with Crippen molar-refractivity contribution in [2.24, 2.45) is 10.1 Å². The molecule has 1 aliphatic heterocycles. The zero-order valence-electron chi connectivity index (χ0n) is 16.1. The molecule has 2 aromatic rings. The van der Waals surface area contributed by atoms with Gasteiger partial charge in [0.25, 0.3) is 0 Å². The van der Waals surface area contributed by atoms with Gasteiger partial charge >= 0.3 is 0 Å². The first-order valence-electron chi connectivity index (χ1n) is 8.93. The lowest BCUT2D eigenvalue weighted by Crippen LogP contribution is -2.14. The highest BCUT2D eigenvalue weighted by atomic mass is 19.1. The van der Waals surface area contributed by atoms with Gasteiger partial charge in [0.1, 0.15) is 11.6 Å². The molecule has 3 rings (SSSR count). The van der Waals surface area contributed by atoms with Gasteiger partial charge in [-0.2, -0.15) is 0 Å². The molecule has 0 fully saturated rings. The Morgan fingerprint density at radius 3 is 2.74 bits per heavy atom. The van der Waals surface area contributed by atoms with Crippen molar-refractivity contribution in [1.82, 2.24) is 4.90 Å². The normalized spacial score (nSPS) is 16.3. The van der Waals surface area contributed by atoms with E-state index in [0.29, 0.717) is 12.2 Å². The number of aliphatic imine (C=N–C) groups is 1. The summed E-state index contributed by atoms with van der Waals surface area (Å²) in [4.78, 5) is 12.2. The van der Waals surface area contributed by atoms with Gasteiger partial charge in [0, 0.05) is 31.6 Å². The Bertz CT molecular complexity index is 862. The van der Waals surface area contributed by atoms with Gasteiger partial charge in [0.15, 0.2) is 6.10 Å². The molecule has 142 valence electrons. The number of halogens is 1. The lowest BCUT2D eigenvalue weighted by molar-refractivity contribution is 0.0836. The van der Waals surface area contributed by atoms with Gasteiger partial charge in [-0.15, -0.1) is 0 Å². The molecule has 0 saturated carbocycles. The van der Waals surface area contributed by atoms with Gasteiger partial charge in [0.2, 0.25) is 0 Å². The van der Waals surface area contributed by atoms with E-state index in [0.717, 1.165) is 34.6 Å². The first kappa shape index (κ1) is 18.9. The molecular weight excluding hydrogens is 345 g/mol. The summed E-state index contributed by atoms with van der Waals surface area (Å²) in [5.41, 5.74) is 4.47. The maximum absolute atomic E-state index is 13.1. The number of ether oxygens (including phenoxy) is 1. The van der Waals surface area contributed by atoms with Gasteiger partial charge < -0.3 is 14.5 Å². The van der Waals surface area contributed by atoms with Crippen LogP contribution in [0.15, 0.2) is 46.5 Å². The molecule has 0 spiro atoms. The van der Waals surface area contributed by atoms with Crippen molar-refractivity contribution in [2.45, 2.75) is 26.4 Å². The molecule has 1 unspecified atom stereocenters. The summed E-state index contributed by atoms with van der Waals surface area (Å²) in [6, 6.07) is 10.2. The summed E-state index contributed by atoms with van der Waals surface area (Å²) in [5, 5.41) is 4.19. The number of benzene rings is 2. The Labute approximate surface area is 159 Å². The van der Waals surface area contributed by atoms with E-state index in [2.05, 4.69) is 17.1 Å². The third kappa shape index (κ3) is 4.27. The van der Waals surface area contributed by atoms with Gasteiger partial charge in [-0.25, -0.2) is 9.38 Å². The molecule has 6 heteroatoms. The Morgan fingerprint density at radius 1 is 1.33 bits per heavy atom. The molecule has 0 aliphatic carbocycles. The molecule has 0 N–H and O–H groups in total. The average molecular weight is 369 g/mol. The largest absolute Gasteiger partial charge is 0.496 e. The van der Waals surface area contributed by atoms with Crippen LogP contribution < -0.4 is 4.74 Å². The monoisotopic (exact) mass is 369 g/mol. The van der Waals surface area contributed by atoms with Crippen LogP contribution in [0.1, 0.15) is 36.1 Å². The molecule has 0 saturated heterocycles. The summed E-state index contributed by atoms with van der Waals surface area (Å²) in [6.45, 7) is 4.97. The van der Waals surface area contributed by atoms with Crippen LogP contribution in [0.2, 0.25) is 0 Å². The van der Waals surface area contributed by atoms with E-state index >= 15 is 0 Å². The van der Waals surface area contributed by atoms with Crippen molar-refractivity contribution >= 4 is 17.7 Å². The van der Waals surface area contributed by atoms with E-state index in [1.165, 1.54) is 12.1 Å². The highest BCUT2D eigenvalue weighted by Gasteiger charge is 2.27. The third-order valence-electron chi connectivity index (χ3n) is 4.63. The number of aryl methyl sites for hydroxylation is 1. The van der Waals surface area contributed by atoms with E-state index in [4.69, 9.17) is 9.57 Å². The SMILES string of the molecule is CCN(C)C=Nc1cc(OC)c(C2CC(c3ccc(F)cc3)=NO2)cc1C. The maximum atomic E-state index is 13.1. The van der Waals surface area contributed by atoms with Crippen LogP contribution >= 0.6 is 0 Å². The van der Waals surface area contributed by atoms with Gasteiger partial charge in [0.05, 0.1) is 24.8 Å². The Morgan fingerprint density at radius 2 is 2.07 bits per heavy atom. The minimum Gasteiger partial charge on any atom is -0.496 e. The van der Waals surface area contributed by atoms with Crippen molar-refractivity contribution in [1.29, 1.82) is 0 Å². The third-order valence-corrected chi connectivity index (χ3v) is 4.63. The summed E-state index contributed by atoms with van der Waals surface area (Å²) in [6.07, 6.45) is 2.17. The molecule has 0 bridgehead atoms. The molecule has 1 atom stereocenters. The Balaban J connectivity index is 1.82. The van der Waals surface area contributed by atoms with Crippen molar-refractivity contribution in [3.63, 3.8) is 0 Å². The molecule has 0 aromatic heterocycles. The molecule has 5 nitrogen and oxygen atoms in total. The second kappa shape index (κ2) is 8.20. The number of oxime groups is 1. The fourth-order valence-corrected chi connectivity index (χ4v) is 2.87. The minimum atomic E-state index is -0.267. The molecule has 0 radical (unpaired) electrons. The zero-order valence-corrected chi connectivity index (χ0v) is 16.1. The zero-order chi connectivity index (χ0) is 19.4. The van der Waals surface area contributed by atoms with Gasteiger partial charge in [-0.3, -0.25) is 0 Å². The Kier molecular flexibility index (Phi) is 5.74. The van der Waals surface area contributed by atoms with E-state index < -0.39 is 0 Å². The second-order valence-corrected chi connectivity index (χ2v) is 6.54. The predicted octanol–water partition coefficient (Wildman–Crippen LogP) is 4.62. The summed E-state index contributed by atoms with van der Waals surface area (Å²) in [7, 11) is 3.61. The van der Waals surface area contributed by atoms with Crippen LogP contribution in [0.4, 0.5) is 10.1 Å².